The molecule has 0 aromatic heterocycles. The zero-order valence-corrected chi connectivity index (χ0v) is 46.7. The standard InChI is InChI=1S/C62H120O6/c1-6-9-10-11-12-13-14-15-16-17-21-24-27-30-33-36-42-47-52-60(63)66-55-59(56-67-61(64)53-48-43-39-38-41-46-51-58(5)8-3)68-62(65)54-49-44-37-34-31-28-25-22-19-18-20-23-26-29-32-35-40-45-50-57(4)7-2/h57-59H,6-56H2,1-5H3/t57?,58?,59-/m1/s1. The topological polar surface area (TPSA) is 78.9 Å². The number of carbonyl (C=O) groups is 3. The van der Waals surface area contributed by atoms with Crippen LogP contribution in [0.25, 0.3) is 0 Å². The van der Waals surface area contributed by atoms with Crippen LogP contribution < -0.4 is 0 Å². The summed E-state index contributed by atoms with van der Waals surface area (Å²) in [5, 5.41) is 0. The van der Waals surface area contributed by atoms with Crippen molar-refractivity contribution < 1.29 is 28.6 Å². The molecule has 0 aromatic carbocycles. The van der Waals surface area contributed by atoms with Gasteiger partial charge < -0.3 is 14.2 Å². The van der Waals surface area contributed by atoms with E-state index in [1.807, 2.05) is 0 Å². The summed E-state index contributed by atoms with van der Waals surface area (Å²) in [5.41, 5.74) is 0. The van der Waals surface area contributed by atoms with Crippen LogP contribution in [0.1, 0.15) is 349 Å². The van der Waals surface area contributed by atoms with Crippen molar-refractivity contribution in [2.75, 3.05) is 13.2 Å². The van der Waals surface area contributed by atoms with E-state index in [1.165, 1.54) is 238 Å². The zero-order valence-electron chi connectivity index (χ0n) is 46.7. The van der Waals surface area contributed by atoms with E-state index in [1.54, 1.807) is 0 Å². The van der Waals surface area contributed by atoms with Gasteiger partial charge in [0.25, 0.3) is 0 Å². The Labute approximate surface area is 425 Å². The van der Waals surface area contributed by atoms with Crippen LogP contribution in [0.15, 0.2) is 0 Å². The van der Waals surface area contributed by atoms with Crippen LogP contribution in [0.5, 0.6) is 0 Å². The number of ether oxygens (including phenoxy) is 3. The summed E-state index contributed by atoms with van der Waals surface area (Å²) in [6, 6.07) is 0. The quantitative estimate of drug-likeness (QED) is 0.0343. The van der Waals surface area contributed by atoms with Crippen LogP contribution in [0.4, 0.5) is 0 Å². The molecule has 6 nitrogen and oxygen atoms in total. The van der Waals surface area contributed by atoms with Crippen molar-refractivity contribution in [1.82, 2.24) is 0 Å². The van der Waals surface area contributed by atoms with E-state index in [2.05, 4.69) is 34.6 Å². The molecule has 404 valence electrons. The summed E-state index contributed by atoms with van der Waals surface area (Å²) in [6.45, 7) is 11.4. The number of unbranched alkanes of at least 4 members (excludes halogenated alkanes) is 39. The van der Waals surface area contributed by atoms with E-state index in [0.29, 0.717) is 19.3 Å². The van der Waals surface area contributed by atoms with Gasteiger partial charge in [0.2, 0.25) is 0 Å². The number of carbonyl (C=O) groups excluding carboxylic acids is 3. The van der Waals surface area contributed by atoms with Crippen LogP contribution in [0, 0.1) is 11.8 Å². The van der Waals surface area contributed by atoms with Crippen LogP contribution in [-0.4, -0.2) is 37.2 Å². The van der Waals surface area contributed by atoms with E-state index < -0.39 is 6.10 Å². The zero-order chi connectivity index (χ0) is 49.6. The van der Waals surface area contributed by atoms with Gasteiger partial charge in [-0.15, -0.1) is 0 Å². The molecule has 68 heavy (non-hydrogen) atoms. The number of hydrogen-bond acceptors (Lipinski definition) is 6. The lowest BCUT2D eigenvalue weighted by molar-refractivity contribution is -0.167. The predicted molar refractivity (Wildman–Crippen MR) is 293 cm³/mol. The van der Waals surface area contributed by atoms with E-state index in [0.717, 1.165) is 69.6 Å². The molecule has 0 saturated heterocycles. The summed E-state index contributed by atoms with van der Waals surface area (Å²) >= 11 is 0. The van der Waals surface area contributed by atoms with E-state index in [-0.39, 0.29) is 31.1 Å². The van der Waals surface area contributed by atoms with Crippen molar-refractivity contribution >= 4 is 17.9 Å². The fourth-order valence-electron chi connectivity index (χ4n) is 9.52. The molecule has 0 aliphatic carbocycles. The monoisotopic (exact) mass is 961 g/mol. The third-order valence-corrected chi connectivity index (χ3v) is 14.9. The SMILES string of the molecule is CCCCCCCCCCCCCCCCCCCCC(=O)OC[C@H](COC(=O)CCCCCCCCC(C)CC)OC(=O)CCCCCCCCCCCCCCCCCCCCC(C)CC. The molecule has 0 fully saturated rings. The minimum absolute atomic E-state index is 0.0631. The highest BCUT2D eigenvalue weighted by Gasteiger charge is 2.19. The molecule has 0 rings (SSSR count). The van der Waals surface area contributed by atoms with E-state index in [4.69, 9.17) is 14.2 Å². The third kappa shape index (κ3) is 52.2. The second kappa shape index (κ2) is 54.7. The minimum Gasteiger partial charge on any atom is -0.462 e. The highest BCUT2D eigenvalue weighted by molar-refractivity contribution is 5.71. The summed E-state index contributed by atoms with van der Waals surface area (Å²) < 4.78 is 16.9. The molecular formula is C62H120O6. The molecule has 0 bridgehead atoms. The van der Waals surface area contributed by atoms with Gasteiger partial charge in [-0.25, -0.2) is 0 Å². The highest BCUT2D eigenvalue weighted by atomic mass is 16.6. The Balaban J connectivity index is 4.21. The summed E-state index contributed by atoms with van der Waals surface area (Å²) in [6.07, 6.45) is 59.6. The molecule has 0 radical (unpaired) electrons. The molecule has 0 aromatic rings. The van der Waals surface area contributed by atoms with Crippen molar-refractivity contribution in [3.8, 4) is 0 Å². The van der Waals surface area contributed by atoms with E-state index in [9.17, 15) is 14.4 Å². The third-order valence-electron chi connectivity index (χ3n) is 14.9. The van der Waals surface area contributed by atoms with Gasteiger partial charge in [-0.2, -0.15) is 0 Å². The fraction of sp³-hybridized carbons (Fsp3) is 0.952. The van der Waals surface area contributed by atoms with Crippen LogP contribution >= 0.6 is 0 Å². The Kier molecular flexibility index (Phi) is 53.5. The van der Waals surface area contributed by atoms with Gasteiger partial charge in [-0.05, 0) is 31.1 Å². The van der Waals surface area contributed by atoms with Crippen molar-refractivity contribution in [1.29, 1.82) is 0 Å². The van der Waals surface area contributed by atoms with Crippen molar-refractivity contribution in [3.63, 3.8) is 0 Å². The van der Waals surface area contributed by atoms with Gasteiger partial charge in [0.1, 0.15) is 13.2 Å². The Hall–Kier alpha value is -1.59. The number of rotatable bonds is 56. The van der Waals surface area contributed by atoms with Gasteiger partial charge in [-0.1, -0.05) is 311 Å². The first-order valence-corrected chi connectivity index (χ1v) is 30.8. The lowest BCUT2D eigenvalue weighted by atomic mass is 9.99. The first-order valence-electron chi connectivity index (χ1n) is 30.8. The van der Waals surface area contributed by atoms with E-state index >= 15 is 0 Å². The second-order valence-electron chi connectivity index (χ2n) is 21.8. The van der Waals surface area contributed by atoms with Crippen LogP contribution in [-0.2, 0) is 28.6 Å². The Morgan fingerprint density at radius 3 is 0.765 bits per heavy atom. The Morgan fingerprint density at radius 2 is 0.515 bits per heavy atom. The summed E-state index contributed by atoms with van der Waals surface area (Å²) in [5.74, 6) is 0.883. The Bertz CT molecular complexity index is 1040. The van der Waals surface area contributed by atoms with Gasteiger partial charge in [-0.3, -0.25) is 14.4 Å². The largest absolute Gasteiger partial charge is 0.462 e. The molecule has 0 saturated carbocycles. The summed E-state index contributed by atoms with van der Waals surface area (Å²) in [7, 11) is 0. The van der Waals surface area contributed by atoms with Gasteiger partial charge in [0.15, 0.2) is 6.10 Å². The van der Waals surface area contributed by atoms with Crippen molar-refractivity contribution in [2.24, 2.45) is 11.8 Å². The normalized spacial score (nSPS) is 12.8. The maximum absolute atomic E-state index is 12.9. The molecule has 0 amide bonds. The average Bonchev–Trinajstić information content (AvgIpc) is 3.34. The Morgan fingerprint density at radius 1 is 0.294 bits per heavy atom. The maximum atomic E-state index is 12.9. The molecule has 0 N–H and O–H groups in total. The van der Waals surface area contributed by atoms with Crippen molar-refractivity contribution in [2.45, 2.75) is 355 Å². The molecule has 2 unspecified atom stereocenters. The second-order valence-corrected chi connectivity index (χ2v) is 21.8. The van der Waals surface area contributed by atoms with Gasteiger partial charge in [0.05, 0.1) is 0 Å². The fourth-order valence-corrected chi connectivity index (χ4v) is 9.52. The van der Waals surface area contributed by atoms with Gasteiger partial charge >= 0.3 is 17.9 Å². The molecule has 3 atom stereocenters. The predicted octanol–water partition coefficient (Wildman–Crippen LogP) is 20.4. The molecule has 0 spiro atoms. The molecule has 0 aliphatic rings. The molecule has 0 aliphatic heterocycles. The van der Waals surface area contributed by atoms with Gasteiger partial charge in [0, 0.05) is 19.3 Å². The average molecular weight is 962 g/mol. The highest BCUT2D eigenvalue weighted by Crippen LogP contribution is 2.19. The number of esters is 3. The first-order chi connectivity index (χ1) is 33.3. The minimum atomic E-state index is -0.764. The first kappa shape index (κ1) is 66.4. The summed E-state index contributed by atoms with van der Waals surface area (Å²) in [4.78, 5) is 38.2. The molecule has 0 heterocycles. The molecule has 6 heteroatoms. The lowest BCUT2D eigenvalue weighted by Gasteiger charge is -2.18. The number of hydrogen-bond donors (Lipinski definition) is 0. The smallest absolute Gasteiger partial charge is 0.306 e. The van der Waals surface area contributed by atoms with Crippen LogP contribution in [0.2, 0.25) is 0 Å². The lowest BCUT2D eigenvalue weighted by Crippen LogP contribution is -2.30. The maximum Gasteiger partial charge on any atom is 0.306 e. The van der Waals surface area contributed by atoms with Crippen molar-refractivity contribution in [3.05, 3.63) is 0 Å². The van der Waals surface area contributed by atoms with Crippen LogP contribution in [0.3, 0.4) is 0 Å². The molecular weight excluding hydrogens is 841 g/mol.